The van der Waals surface area contributed by atoms with Gasteiger partial charge in [0, 0.05) is 1.37 Å². The number of ether oxygens (including phenoxy) is 1. The zero-order chi connectivity index (χ0) is 13.1. The van der Waals surface area contributed by atoms with Crippen LogP contribution in [0.1, 0.15) is 27.2 Å². The van der Waals surface area contributed by atoms with Gasteiger partial charge in [-0.3, -0.25) is 0 Å². The molecule has 94 valence electrons. The first-order valence-electron chi connectivity index (χ1n) is 6.91. The fourth-order valence-corrected chi connectivity index (χ4v) is 2.09. The second-order valence-corrected chi connectivity index (χ2v) is 5.17. The van der Waals surface area contributed by atoms with Crippen LogP contribution in [0.4, 0.5) is 0 Å². The third-order valence-electron chi connectivity index (χ3n) is 3.32. The van der Waals surface area contributed by atoms with Crippen molar-refractivity contribution in [3.63, 3.8) is 0 Å². The van der Waals surface area contributed by atoms with E-state index >= 15 is 0 Å². The number of hydrogen-bond acceptors (Lipinski definition) is 2. The highest BCUT2D eigenvalue weighted by atomic mass is 16.5. The van der Waals surface area contributed by atoms with Crippen molar-refractivity contribution < 1.29 is 11.2 Å². The Labute approximate surface area is 105 Å². The molecule has 1 aromatic carbocycles. The van der Waals surface area contributed by atoms with E-state index in [9.17, 15) is 5.11 Å². The number of aliphatic hydroxyl groups excluding tert-OH is 1. The molecule has 17 heavy (non-hydrogen) atoms. The van der Waals surface area contributed by atoms with E-state index < -0.39 is 0 Å². The molecule has 0 heterocycles. The lowest BCUT2D eigenvalue weighted by atomic mass is 10.0. The second kappa shape index (κ2) is 5.65. The van der Waals surface area contributed by atoms with Crippen molar-refractivity contribution in [2.75, 3.05) is 6.61 Å². The SMILES string of the molecule is [2H][C@H]1[C@@H](COCc2ccccc2)[C@H]1[C@@H](O)C(C)C. The molecule has 0 saturated heterocycles. The molecule has 0 radical (unpaired) electrons. The molecule has 0 spiro atoms. The predicted molar refractivity (Wildman–Crippen MR) is 68.5 cm³/mol. The molecule has 2 heteroatoms. The minimum atomic E-state index is -0.363. The Morgan fingerprint density at radius 1 is 1.41 bits per heavy atom. The summed E-state index contributed by atoms with van der Waals surface area (Å²) < 4.78 is 13.5. The standard InChI is InChI=1S/C15H22O2/c1-11(2)15(16)14-8-13(14)10-17-9-12-6-4-3-5-7-12/h3-7,11,13-16H,8-10H2,1-2H3/t13-,14-,15-/m0/s1/i8D/t8-,13-,14-,15-. The quantitative estimate of drug-likeness (QED) is 0.821. The third kappa shape index (κ3) is 3.55. The van der Waals surface area contributed by atoms with Gasteiger partial charge in [0.05, 0.1) is 19.3 Å². The zero-order valence-electron chi connectivity index (χ0n) is 11.5. The van der Waals surface area contributed by atoms with Gasteiger partial charge in [0.25, 0.3) is 0 Å². The van der Waals surface area contributed by atoms with Crippen molar-refractivity contribution in [2.45, 2.75) is 33.0 Å². The van der Waals surface area contributed by atoms with E-state index in [-0.39, 0.29) is 30.3 Å². The summed E-state index contributed by atoms with van der Waals surface area (Å²) in [6.45, 7) is 5.17. The Hall–Kier alpha value is -0.860. The van der Waals surface area contributed by atoms with Crippen molar-refractivity contribution in [2.24, 2.45) is 17.8 Å². The van der Waals surface area contributed by atoms with Crippen LogP contribution in [-0.2, 0) is 11.3 Å². The summed E-state index contributed by atoms with van der Waals surface area (Å²) in [5.74, 6) is 0.522. The van der Waals surface area contributed by atoms with Gasteiger partial charge in [-0.2, -0.15) is 0 Å². The highest BCUT2D eigenvalue weighted by molar-refractivity contribution is 5.13. The summed E-state index contributed by atoms with van der Waals surface area (Å²) in [6.07, 6.45) is -0.518. The van der Waals surface area contributed by atoms with Crippen molar-refractivity contribution >= 4 is 0 Å². The zero-order valence-corrected chi connectivity index (χ0v) is 10.5. The summed E-state index contributed by atoms with van der Waals surface area (Å²) in [6, 6.07) is 10.0. The molecule has 1 saturated carbocycles. The summed E-state index contributed by atoms with van der Waals surface area (Å²) >= 11 is 0. The van der Waals surface area contributed by atoms with Crippen molar-refractivity contribution in [3.8, 4) is 0 Å². The lowest BCUT2D eigenvalue weighted by Crippen LogP contribution is -2.19. The molecule has 1 aliphatic rings. The first-order chi connectivity index (χ1) is 8.61. The third-order valence-corrected chi connectivity index (χ3v) is 3.32. The smallest absolute Gasteiger partial charge is 0.0717 e. The molecular weight excluding hydrogens is 212 g/mol. The van der Waals surface area contributed by atoms with E-state index in [0.717, 1.165) is 5.56 Å². The maximum atomic E-state index is 9.95. The molecule has 0 unspecified atom stereocenters. The van der Waals surface area contributed by atoms with Crippen molar-refractivity contribution in [1.29, 1.82) is 0 Å². The predicted octanol–water partition coefficient (Wildman–Crippen LogP) is 2.86. The van der Waals surface area contributed by atoms with Crippen LogP contribution in [0.15, 0.2) is 30.3 Å². The van der Waals surface area contributed by atoms with Gasteiger partial charge in [-0.05, 0) is 29.7 Å². The van der Waals surface area contributed by atoms with E-state index in [1.807, 2.05) is 44.2 Å². The maximum absolute atomic E-state index is 9.95. The van der Waals surface area contributed by atoms with Crippen molar-refractivity contribution in [3.05, 3.63) is 35.9 Å². The lowest BCUT2D eigenvalue weighted by Gasteiger charge is -2.14. The van der Waals surface area contributed by atoms with E-state index in [4.69, 9.17) is 6.11 Å². The Morgan fingerprint density at radius 2 is 2.12 bits per heavy atom. The van der Waals surface area contributed by atoms with E-state index in [0.29, 0.717) is 13.2 Å². The van der Waals surface area contributed by atoms with Crippen LogP contribution in [-0.4, -0.2) is 17.8 Å². The van der Waals surface area contributed by atoms with Crippen LogP contribution in [0, 0.1) is 17.8 Å². The Balaban J connectivity index is 1.73. The minimum absolute atomic E-state index is 0.0979. The van der Waals surface area contributed by atoms with Gasteiger partial charge >= 0.3 is 0 Å². The molecule has 4 atom stereocenters. The summed E-state index contributed by atoms with van der Waals surface area (Å²) in [5.41, 5.74) is 1.15. The van der Waals surface area contributed by atoms with Crippen LogP contribution in [0.2, 0.25) is 0 Å². The van der Waals surface area contributed by atoms with Gasteiger partial charge in [0.2, 0.25) is 0 Å². The van der Waals surface area contributed by atoms with Gasteiger partial charge in [-0.1, -0.05) is 44.2 Å². The van der Waals surface area contributed by atoms with Gasteiger partial charge in [-0.15, -0.1) is 0 Å². The summed E-state index contributed by atoms with van der Waals surface area (Å²) in [4.78, 5) is 0. The molecule has 0 amide bonds. The van der Waals surface area contributed by atoms with Crippen molar-refractivity contribution in [1.82, 2.24) is 0 Å². The molecule has 1 fully saturated rings. The second-order valence-electron chi connectivity index (χ2n) is 5.17. The first-order valence-corrected chi connectivity index (χ1v) is 6.33. The van der Waals surface area contributed by atoms with E-state index in [1.165, 1.54) is 0 Å². The topological polar surface area (TPSA) is 29.5 Å². The first kappa shape index (κ1) is 11.2. The fraction of sp³-hybridized carbons (Fsp3) is 0.600. The molecule has 1 aliphatic carbocycles. The van der Waals surface area contributed by atoms with Gasteiger partial charge in [0.15, 0.2) is 0 Å². The van der Waals surface area contributed by atoms with Gasteiger partial charge in [0.1, 0.15) is 0 Å². The highest BCUT2D eigenvalue weighted by Crippen LogP contribution is 2.43. The number of rotatable bonds is 6. The molecule has 0 aliphatic heterocycles. The molecule has 0 bridgehead atoms. The summed E-state index contributed by atoms with van der Waals surface area (Å²) in [7, 11) is 0. The van der Waals surface area contributed by atoms with E-state index in [1.54, 1.807) is 0 Å². The molecule has 2 rings (SSSR count). The van der Waals surface area contributed by atoms with Gasteiger partial charge < -0.3 is 9.84 Å². The average molecular weight is 235 g/mol. The minimum Gasteiger partial charge on any atom is -0.393 e. The van der Waals surface area contributed by atoms with Crippen LogP contribution in [0.5, 0.6) is 0 Å². The van der Waals surface area contributed by atoms with Crippen LogP contribution in [0.3, 0.4) is 0 Å². The molecule has 0 aromatic heterocycles. The Morgan fingerprint density at radius 3 is 2.76 bits per heavy atom. The summed E-state index contributed by atoms with van der Waals surface area (Å²) in [5, 5.41) is 9.95. The van der Waals surface area contributed by atoms with Crippen LogP contribution < -0.4 is 0 Å². The number of hydrogen-bond donors (Lipinski definition) is 1. The fourth-order valence-electron chi connectivity index (χ4n) is 2.09. The maximum Gasteiger partial charge on any atom is 0.0717 e. The van der Waals surface area contributed by atoms with Crippen LogP contribution in [0.25, 0.3) is 0 Å². The Bertz CT molecular complexity index is 366. The monoisotopic (exact) mass is 235 g/mol. The molecule has 1 N–H and O–H groups in total. The highest BCUT2D eigenvalue weighted by Gasteiger charge is 2.43. The average Bonchev–Trinajstić information content (AvgIpc) is 3.00. The molecule has 2 nitrogen and oxygen atoms in total. The molecule has 1 aromatic rings. The number of aliphatic hydroxyl groups is 1. The largest absolute Gasteiger partial charge is 0.393 e. The number of benzene rings is 1. The lowest BCUT2D eigenvalue weighted by molar-refractivity contribution is 0.0717. The van der Waals surface area contributed by atoms with Crippen LogP contribution >= 0.6 is 0 Å². The Kier molecular flexibility index (Phi) is 3.74. The normalized spacial score (nSPS) is 30.1. The molecular formula is C15H22O2. The van der Waals surface area contributed by atoms with E-state index in [2.05, 4.69) is 0 Å². The van der Waals surface area contributed by atoms with Gasteiger partial charge in [-0.25, -0.2) is 0 Å².